The minimum atomic E-state index is -0.237. The van der Waals surface area contributed by atoms with E-state index in [9.17, 15) is 4.79 Å². The van der Waals surface area contributed by atoms with Crippen molar-refractivity contribution in [2.75, 3.05) is 13.6 Å². The van der Waals surface area contributed by atoms with Crippen LogP contribution in [0.5, 0.6) is 0 Å². The van der Waals surface area contributed by atoms with E-state index in [0.29, 0.717) is 11.3 Å². The van der Waals surface area contributed by atoms with Gasteiger partial charge in [-0.3, -0.25) is 4.79 Å². The Kier molecular flexibility index (Phi) is 3.46. The van der Waals surface area contributed by atoms with E-state index in [2.05, 4.69) is 4.98 Å². The molecule has 1 unspecified atom stereocenters. The second-order valence-electron chi connectivity index (χ2n) is 3.20. The Morgan fingerprint density at radius 2 is 2.43 bits per heavy atom. The van der Waals surface area contributed by atoms with Crippen LogP contribution in [0, 0.1) is 4.77 Å². The van der Waals surface area contributed by atoms with Gasteiger partial charge in [0.15, 0.2) is 4.77 Å². The van der Waals surface area contributed by atoms with Crippen molar-refractivity contribution in [2.45, 2.75) is 19.9 Å². The fraction of sp³-hybridized carbons (Fsp3) is 0.556. The Hall–Kier alpha value is -1.10. The van der Waals surface area contributed by atoms with Crippen molar-refractivity contribution in [1.29, 1.82) is 0 Å². The molecule has 4 nitrogen and oxygen atoms in total. The van der Waals surface area contributed by atoms with Gasteiger partial charge in [0.05, 0.1) is 0 Å². The van der Waals surface area contributed by atoms with Gasteiger partial charge in [0, 0.05) is 26.0 Å². The molecule has 1 atom stereocenters. The van der Waals surface area contributed by atoms with E-state index in [1.165, 1.54) is 0 Å². The zero-order valence-electron chi connectivity index (χ0n) is 8.65. The molecule has 0 radical (unpaired) electrons. The van der Waals surface area contributed by atoms with Crippen LogP contribution in [0.1, 0.15) is 19.9 Å². The lowest BCUT2D eigenvalue weighted by atomic mass is 10.3. The van der Waals surface area contributed by atoms with Gasteiger partial charge in [0.1, 0.15) is 6.04 Å². The molecule has 0 bridgehead atoms. The van der Waals surface area contributed by atoms with Crippen molar-refractivity contribution in [1.82, 2.24) is 14.5 Å². The third-order valence-corrected chi connectivity index (χ3v) is 2.63. The lowest BCUT2D eigenvalue weighted by molar-refractivity contribution is -0.132. The molecule has 1 rings (SSSR count). The molecule has 0 saturated heterocycles. The molecule has 1 heterocycles. The van der Waals surface area contributed by atoms with E-state index in [0.717, 1.165) is 0 Å². The molecular weight excluding hydrogens is 198 g/mol. The standard InChI is InChI=1S/C9H15N3OS/c1-4-11(3)8(13)7(2)12-6-5-10-9(12)14/h5-7H,4H2,1-3H3,(H,10,14). The zero-order valence-corrected chi connectivity index (χ0v) is 9.47. The van der Waals surface area contributed by atoms with E-state index in [-0.39, 0.29) is 11.9 Å². The molecule has 1 aromatic heterocycles. The molecule has 0 aliphatic heterocycles. The largest absolute Gasteiger partial charge is 0.344 e. The van der Waals surface area contributed by atoms with Crippen LogP contribution in [-0.2, 0) is 4.79 Å². The van der Waals surface area contributed by atoms with Crippen LogP contribution in [0.25, 0.3) is 0 Å². The van der Waals surface area contributed by atoms with Crippen molar-refractivity contribution in [3.05, 3.63) is 17.2 Å². The minimum absolute atomic E-state index is 0.0724. The normalized spacial score (nSPS) is 12.5. The van der Waals surface area contributed by atoms with Gasteiger partial charge in [0.2, 0.25) is 5.91 Å². The molecule has 5 heteroatoms. The Bertz CT molecular complexity index is 368. The summed E-state index contributed by atoms with van der Waals surface area (Å²) in [5.41, 5.74) is 0. The quantitative estimate of drug-likeness (QED) is 0.775. The Morgan fingerprint density at radius 1 is 1.79 bits per heavy atom. The summed E-state index contributed by atoms with van der Waals surface area (Å²) >= 11 is 5.04. The second-order valence-corrected chi connectivity index (χ2v) is 3.59. The molecule has 0 aromatic carbocycles. The maximum atomic E-state index is 11.8. The van der Waals surface area contributed by atoms with Crippen molar-refractivity contribution in [2.24, 2.45) is 0 Å². The number of imidazole rings is 1. The highest BCUT2D eigenvalue weighted by Crippen LogP contribution is 2.09. The molecule has 0 aliphatic carbocycles. The van der Waals surface area contributed by atoms with Crippen LogP contribution in [0.3, 0.4) is 0 Å². The Morgan fingerprint density at radius 3 is 2.86 bits per heavy atom. The van der Waals surface area contributed by atoms with Gasteiger partial charge in [-0.25, -0.2) is 0 Å². The van der Waals surface area contributed by atoms with Gasteiger partial charge in [0.25, 0.3) is 0 Å². The summed E-state index contributed by atoms with van der Waals surface area (Å²) in [7, 11) is 1.79. The van der Waals surface area contributed by atoms with E-state index in [1.807, 2.05) is 13.8 Å². The lowest BCUT2D eigenvalue weighted by Crippen LogP contribution is -2.32. The van der Waals surface area contributed by atoms with Crippen molar-refractivity contribution < 1.29 is 4.79 Å². The average Bonchev–Trinajstić information content (AvgIpc) is 2.61. The zero-order chi connectivity index (χ0) is 10.7. The van der Waals surface area contributed by atoms with Crippen LogP contribution in [0.2, 0.25) is 0 Å². The monoisotopic (exact) mass is 213 g/mol. The lowest BCUT2D eigenvalue weighted by Gasteiger charge is -2.20. The number of nitrogens with one attached hydrogen (secondary N) is 1. The number of carbonyl (C=O) groups is 1. The average molecular weight is 213 g/mol. The van der Waals surface area contributed by atoms with Crippen molar-refractivity contribution in [3.8, 4) is 0 Å². The molecular formula is C9H15N3OS. The maximum absolute atomic E-state index is 11.8. The summed E-state index contributed by atoms with van der Waals surface area (Å²) < 4.78 is 2.33. The molecule has 14 heavy (non-hydrogen) atoms. The van der Waals surface area contributed by atoms with Crippen LogP contribution in [0.4, 0.5) is 0 Å². The Labute approximate surface area is 88.5 Å². The maximum Gasteiger partial charge on any atom is 0.245 e. The summed E-state index contributed by atoms with van der Waals surface area (Å²) in [5.74, 6) is 0.0724. The summed E-state index contributed by atoms with van der Waals surface area (Å²) in [6.07, 6.45) is 3.52. The number of hydrogen-bond acceptors (Lipinski definition) is 2. The molecule has 78 valence electrons. The molecule has 0 aliphatic rings. The number of nitrogens with zero attached hydrogens (tertiary/aromatic N) is 2. The first-order valence-electron chi connectivity index (χ1n) is 4.58. The number of hydrogen-bond donors (Lipinski definition) is 1. The third kappa shape index (κ3) is 2.04. The first kappa shape index (κ1) is 11.0. The molecule has 1 amide bonds. The number of amides is 1. The third-order valence-electron chi connectivity index (χ3n) is 2.30. The van der Waals surface area contributed by atoms with E-state index in [4.69, 9.17) is 12.2 Å². The van der Waals surface area contributed by atoms with E-state index >= 15 is 0 Å². The fourth-order valence-electron chi connectivity index (χ4n) is 1.23. The van der Waals surface area contributed by atoms with Gasteiger partial charge in [-0.05, 0) is 26.1 Å². The number of likely N-dealkylation sites (N-methyl/N-ethyl adjacent to an activating group) is 1. The van der Waals surface area contributed by atoms with Gasteiger partial charge >= 0.3 is 0 Å². The molecule has 0 fully saturated rings. The number of rotatable bonds is 3. The minimum Gasteiger partial charge on any atom is -0.344 e. The van der Waals surface area contributed by atoms with Crippen LogP contribution in [-0.4, -0.2) is 34.0 Å². The predicted molar refractivity (Wildman–Crippen MR) is 57.6 cm³/mol. The number of H-pyrrole nitrogens is 1. The van der Waals surface area contributed by atoms with Gasteiger partial charge < -0.3 is 14.5 Å². The number of aromatic amines is 1. The van der Waals surface area contributed by atoms with Gasteiger partial charge in [-0.15, -0.1) is 0 Å². The number of aromatic nitrogens is 2. The molecule has 0 saturated carbocycles. The summed E-state index contributed by atoms with van der Waals surface area (Å²) in [4.78, 5) is 16.3. The highest BCUT2D eigenvalue weighted by Gasteiger charge is 2.17. The highest BCUT2D eigenvalue weighted by atomic mass is 32.1. The summed E-state index contributed by atoms with van der Waals surface area (Å²) in [5, 5.41) is 0. The summed E-state index contributed by atoms with van der Waals surface area (Å²) in [6.45, 7) is 4.50. The fourth-order valence-corrected chi connectivity index (χ4v) is 1.52. The Balaban J connectivity index is 2.86. The molecule has 1 aromatic rings. The van der Waals surface area contributed by atoms with Crippen molar-refractivity contribution >= 4 is 18.1 Å². The first-order valence-corrected chi connectivity index (χ1v) is 4.99. The number of carbonyl (C=O) groups excluding carboxylic acids is 1. The van der Waals surface area contributed by atoms with E-state index < -0.39 is 0 Å². The summed E-state index contributed by atoms with van der Waals surface area (Å²) in [6, 6.07) is -0.237. The van der Waals surface area contributed by atoms with Gasteiger partial charge in [-0.2, -0.15) is 0 Å². The van der Waals surface area contributed by atoms with Crippen LogP contribution < -0.4 is 0 Å². The molecule has 1 N–H and O–H groups in total. The van der Waals surface area contributed by atoms with Crippen LogP contribution >= 0.6 is 12.2 Å². The molecule has 0 spiro atoms. The first-order chi connectivity index (χ1) is 6.57. The highest BCUT2D eigenvalue weighted by molar-refractivity contribution is 7.71. The van der Waals surface area contributed by atoms with E-state index in [1.54, 1.807) is 28.9 Å². The second kappa shape index (κ2) is 4.41. The predicted octanol–water partition coefficient (Wildman–Crippen LogP) is 1.58. The van der Waals surface area contributed by atoms with Crippen LogP contribution in [0.15, 0.2) is 12.4 Å². The topological polar surface area (TPSA) is 41.0 Å². The SMILES string of the molecule is CCN(C)C(=O)C(C)n1cc[nH]c1=S. The van der Waals surface area contributed by atoms with Crippen molar-refractivity contribution in [3.63, 3.8) is 0 Å². The van der Waals surface area contributed by atoms with Gasteiger partial charge in [-0.1, -0.05) is 0 Å². The smallest absolute Gasteiger partial charge is 0.245 e.